The van der Waals surface area contributed by atoms with Gasteiger partial charge in [-0.25, -0.2) is 0 Å². The number of aliphatic hydroxyl groups excluding tert-OH is 1. The van der Waals surface area contributed by atoms with Gasteiger partial charge in [0.05, 0.1) is 0 Å². The summed E-state index contributed by atoms with van der Waals surface area (Å²) in [4.78, 5) is 14.4. The van der Waals surface area contributed by atoms with Crippen molar-refractivity contribution in [1.29, 1.82) is 0 Å². The Bertz CT molecular complexity index is 403. The largest absolute Gasteiger partial charge is 0.396 e. The summed E-state index contributed by atoms with van der Waals surface area (Å²) < 4.78 is 0.990. The van der Waals surface area contributed by atoms with Gasteiger partial charge in [-0.05, 0) is 45.4 Å². The molecule has 112 valence electrons. The second-order valence-corrected chi connectivity index (χ2v) is 6.16. The number of carbonyl (C=O) groups is 1. The zero-order valence-corrected chi connectivity index (χ0v) is 13.9. The molecule has 0 bridgehead atoms. The molecular formula is C16H24BrNO2. The number of rotatable bonds is 9. The van der Waals surface area contributed by atoms with Gasteiger partial charge in [0.1, 0.15) is 0 Å². The first-order chi connectivity index (χ1) is 9.54. The third-order valence-electron chi connectivity index (χ3n) is 3.35. The van der Waals surface area contributed by atoms with Gasteiger partial charge in [0.2, 0.25) is 0 Å². The summed E-state index contributed by atoms with van der Waals surface area (Å²) in [5, 5.41) is 8.90. The van der Waals surface area contributed by atoms with E-state index in [0.717, 1.165) is 36.0 Å². The monoisotopic (exact) mass is 341 g/mol. The Morgan fingerprint density at radius 3 is 2.35 bits per heavy atom. The third kappa shape index (κ3) is 6.16. The number of nitrogens with zero attached hydrogens (tertiary/aromatic N) is 1. The molecule has 0 fully saturated rings. The molecule has 0 saturated carbocycles. The Morgan fingerprint density at radius 1 is 1.20 bits per heavy atom. The zero-order valence-electron chi connectivity index (χ0n) is 12.3. The molecule has 1 aromatic rings. The minimum atomic E-state index is 0.198. The Hall–Kier alpha value is -0.710. The molecule has 0 atom stereocenters. The van der Waals surface area contributed by atoms with E-state index in [2.05, 4.69) is 34.7 Å². The van der Waals surface area contributed by atoms with Crippen molar-refractivity contribution in [3.05, 3.63) is 34.3 Å². The minimum absolute atomic E-state index is 0.198. The number of Topliss-reactive ketones (excluding diaryl/α,β-unsaturated/α-hetero) is 1. The van der Waals surface area contributed by atoms with Crippen LogP contribution in [0.4, 0.5) is 0 Å². The lowest BCUT2D eigenvalue weighted by molar-refractivity contribution is 0.0970. The van der Waals surface area contributed by atoms with Crippen molar-refractivity contribution >= 4 is 21.7 Å². The molecule has 0 aliphatic carbocycles. The molecule has 1 rings (SSSR count). The second kappa shape index (κ2) is 9.27. The lowest BCUT2D eigenvalue weighted by Crippen LogP contribution is -2.33. The van der Waals surface area contributed by atoms with Crippen LogP contribution in [0.2, 0.25) is 0 Å². The molecular weight excluding hydrogens is 318 g/mol. The van der Waals surface area contributed by atoms with E-state index in [9.17, 15) is 4.79 Å². The number of carbonyl (C=O) groups excluding carboxylic acids is 1. The van der Waals surface area contributed by atoms with E-state index < -0.39 is 0 Å². The molecule has 20 heavy (non-hydrogen) atoms. The Morgan fingerprint density at radius 2 is 1.80 bits per heavy atom. The van der Waals surface area contributed by atoms with E-state index in [1.807, 2.05) is 24.3 Å². The molecule has 0 heterocycles. The number of ketones is 1. The maximum Gasteiger partial charge on any atom is 0.162 e. The molecule has 4 heteroatoms. The maximum atomic E-state index is 12.0. The number of aliphatic hydroxyl groups is 1. The van der Waals surface area contributed by atoms with Crippen LogP contribution in [0.25, 0.3) is 0 Å². The van der Waals surface area contributed by atoms with Crippen molar-refractivity contribution in [1.82, 2.24) is 4.90 Å². The van der Waals surface area contributed by atoms with Crippen LogP contribution in [0.3, 0.4) is 0 Å². The molecule has 1 aromatic carbocycles. The lowest BCUT2D eigenvalue weighted by atomic mass is 10.1. The van der Waals surface area contributed by atoms with Crippen LogP contribution in [0.15, 0.2) is 28.7 Å². The zero-order chi connectivity index (χ0) is 15.0. The van der Waals surface area contributed by atoms with Crippen LogP contribution in [0, 0.1) is 0 Å². The van der Waals surface area contributed by atoms with E-state index in [1.54, 1.807) is 0 Å². The number of hydrogen-bond acceptors (Lipinski definition) is 3. The van der Waals surface area contributed by atoms with E-state index in [1.165, 1.54) is 0 Å². The highest BCUT2D eigenvalue weighted by molar-refractivity contribution is 9.10. The molecule has 0 aromatic heterocycles. The van der Waals surface area contributed by atoms with Gasteiger partial charge in [-0.2, -0.15) is 0 Å². The molecule has 0 spiro atoms. The summed E-state index contributed by atoms with van der Waals surface area (Å²) in [5.41, 5.74) is 0.777. The average molecular weight is 342 g/mol. The lowest BCUT2D eigenvalue weighted by Gasteiger charge is -2.26. The van der Waals surface area contributed by atoms with E-state index >= 15 is 0 Å². The first kappa shape index (κ1) is 17.3. The van der Waals surface area contributed by atoms with Crippen molar-refractivity contribution in [2.75, 3.05) is 19.7 Å². The highest BCUT2D eigenvalue weighted by Crippen LogP contribution is 2.13. The van der Waals surface area contributed by atoms with E-state index in [-0.39, 0.29) is 12.4 Å². The Kier molecular flexibility index (Phi) is 8.04. The van der Waals surface area contributed by atoms with Gasteiger partial charge >= 0.3 is 0 Å². The highest BCUT2D eigenvalue weighted by Gasteiger charge is 2.10. The van der Waals surface area contributed by atoms with Crippen molar-refractivity contribution < 1.29 is 9.90 Å². The van der Waals surface area contributed by atoms with Crippen LogP contribution in [-0.4, -0.2) is 41.5 Å². The highest BCUT2D eigenvalue weighted by atomic mass is 79.9. The molecule has 3 nitrogen and oxygen atoms in total. The summed E-state index contributed by atoms with van der Waals surface area (Å²) in [5.74, 6) is 0.198. The fourth-order valence-corrected chi connectivity index (χ4v) is 2.39. The summed E-state index contributed by atoms with van der Waals surface area (Å²) in [7, 11) is 0. The van der Waals surface area contributed by atoms with Gasteiger partial charge in [0.15, 0.2) is 5.78 Å². The van der Waals surface area contributed by atoms with E-state index in [0.29, 0.717) is 12.5 Å². The topological polar surface area (TPSA) is 40.5 Å². The maximum absolute atomic E-state index is 12.0. The van der Waals surface area contributed by atoms with Crippen LogP contribution in [-0.2, 0) is 0 Å². The molecule has 0 amide bonds. The molecule has 0 aliphatic heterocycles. The summed E-state index contributed by atoms with van der Waals surface area (Å²) in [6.07, 6.45) is 2.22. The fourth-order valence-electron chi connectivity index (χ4n) is 2.12. The van der Waals surface area contributed by atoms with Gasteiger partial charge in [-0.15, -0.1) is 0 Å². The van der Waals surface area contributed by atoms with Gasteiger partial charge in [-0.1, -0.05) is 28.1 Å². The quantitative estimate of drug-likeness (QED) is 0.698. The standard InChI is InChI=1S/C16H24BrNO2/c1-13(2)18(11-4-12-19)10-3-5-16(20)14-6-8-15(17)9-7-14/h6-9,13,19H,3-5,10-12H2,1-2H3. The molecule has 0 unspecified atom stereocenters. The second-order valence-electron chi connectivity index (χ2n) is 5.24. The predicted molar refractivity (Wildman–Crippen MR) is 86.1 cm³/mol. The first-order valence-electron chi connectivity index (χ1n) is 7.18. The summed E-state index contributed by atoms with van der Waals surface area (Å²) in [6, 6.07) is 7.96. The SMILES string of the molecule is CC(C)N(CCCO)CCCC(=O)c1ccc(Br)cc1. The fraction of sp³-hybridized carbons (Fsp3) is 0.562. The van der Waals surface area contributed by atoms with Gasteiger partial charge in [-0.3, -0.25) is 4.79 Å². The van der Waals surface area contributed by atoms with Gasteiger partial charge in [0, 0.05) is 35.7 Å². The minimum Gasteiger partial charge on any atom is -0.396 e. The van der Waals surface area contributed by atoms with Crippen molar-refractivity contribution in [2.45, 2.75) is 39.2 Å². The van der Waals surface area contributed by atoms with Crippen molar-refractivity contribution in [2.24, 2.45) is 0 Å². The third-order valence-corrected chi connectivity index (χ3v) is 3.88. The number of halogens is 1. The van der Waals surface area contributed by atoms with Crippen LogP contribution < -0.4 is 0 Å². The Labute approximate surface area is 130 Å². The van der Waals surface area contributed by atoms with Crippen molar-refractivity contribution in [3.8, 4) is 0 Å². The van der Waals surface area contributed by atoms with Gasteiger partial charge < -0.3 is 10.0 Å². The van der Waals surface area contributed by atoms with Crippen molar-refractivity contribution in [3.63, 3.8) is 0 Å². The number of benzene rings is 1. The average Bonchev–Trinajstić information content (AvgIpc) is 2.42. The Balaban J connectivity index is 2.38. The van der Waals surface area contributed by atoms with Crippen LogP contribution in [0.1, 0.15) is 43.5 Å². The molecule has 0 aliphatic rings. The van der Waals surface area contributed by atoms with Crippen LogP contribution in [0.5, 0.6) is 0 Å². The smallest absolute Gasteiger partial charge is 0.162 e. The van der Waals surface area contributed by atoms with Crippen LogP contribution >= 0.6 is 15.9 Å². The summed E-state index contributed by atoms with van der Waals surface area (Å²) >= 11 is 3.37. The normalized spacial score (nSPS) is 11.3. The number of hydrogen-bond donors (Lipinski definition) is 1. The molecule has 0 saturated heterocycles. The molecule has 0 radical (unpaired) electrons. The van der Waals surface area contributed by atoms with E-state index in [4.69, 9.17) is 5.11 Å². The molecule has 1 N–H and O–H groups in total. The first-order valence-corrected chi connectivity index (χ1v) is 7.97. The summed E-state index contributed by atoms with van der Waals surface area (Å²) in [6.45, 7) is 6.31. The predicted octanol–water partition coefficient (Wildman–Crippen LogP) is 3.50. The van der Waals surface area contributed by atoms with Gasteiger partial charge in [0.25, 0.3) is 0 Å².